The van der Waals surface area contributed by atoms with E-state index in [1.165, 1.54) is 7.11 Å². The number of hydrogen-bond acceptors (Lipinski definition) is 8. The Morgan fingerprint density at radius 2 is 1.83 bits per heavy atom. The number of allylic oxidation sites excluding steroid dienone is 3. The number of carbonyl (C=O) groups is 3. The molecule has 35 heavy (non-hydrogen) atoms. The van der Waals surface area contributed by atoms with Crippen LogP contribution in [0.25, 0.3) is 0 Å². The maximum Gasteiger partial charge on any atom is 0.336 e. The summed E-state index contributed by atoms with van der Waals surface area (Å²) >= 11 is 0. The molecule has 0 fully saturated rings. The van der Waals surface area contributed by atoms with Crippen LogP contribution in [0.4, 0.5) is 0 Å². The van der Waals surface area contributed by atoms with Crippen molar-refractivity contribution >= 4 is 17.7 Å². The molecule has 0 radical (unpaired) electrons. The Balaban J connectivity index is 2.03. The number of rotatable bonds is 9. The van der Waals surface area contributed by atoms with Crippen LogP contribution in [0.5, 0.6) is 5.75 Å². The minimum absolute atomic E-state index is 0.0208. The molecule has 3 rings (SSSR count). The van der Waals surface area contributed by atoms with Crippen LogP contribution in [-0.2, 0) is 28.6 Å². The predicted molar refractivity (Wildman–Crippen MR) is 130 cm³/mol. The molecule has 8 nitrogen and oxygen atoms in total. The van der Waals surface area contributed by atoms with Crippen molar-refractivity contribution in [3.8, 4) is 5.75 Å². The second-order valence-corrected chi connectivity index (χ2v) is 9.09. The zero-order valence-corrected chi connectivity index (χ0v) is 21.3. The van der Waals surface area contributed by atoms with E-state index < -0.39 is 23.8 Å². The third-order valence-corrected chi connectivity index (χ3v) is 6.26. The van der Waals surface area contributed by atoms with E-state index in [1.807, 2.05) is 52.0 Å². The lowest BCUT2D eigenvalue weighted by molar-refractivity contribution is -0.151. The van der Waals surface area contributed by atoms with Gasteiger partial charge in [-0.25, -0.2) is 4.79 Å². The maximum atomic E-state index is 13.7. The molecular weight excluding hydrogens is 450 g/mol. The van der Waals surface area contributed by atoms with Gasteiger partial charge in [-0.15, -0.1) is 0 Å². The van der Waals surface area contributed by atoms with Gasteiger partial charge >= 0.3 is 11.9 Å². The third kappa shape index (κ3) is 5.75. The average molecular weight is 486 g/mol. The number of hydrogen-bond donors (Lipinski definition) is 1. The molecule has 0 amide bonds. The Bertz CT molecular complexity index is 1020. The number of benzene rings is 1. The molecule has 1 aromatic carbocycles. The molecule has 1 heterocycles. The summed E-state index contributed by atoms with van der Waals surface area (Å²) in [5.41, 5.74) is 2.81. The van der Waals surface area contributed by atoms with Crippen LogP contribution >= 0.6 is 0 Å². The van der Waals surface area contributed by atoms with Crippen LogP contribution in [-0.4, -0.2) is 50.8 Å². The molecule has 0 spiro atoms. The molecule has 0 unspecified atom stereocenters. The quantitative estimate of drug-likeness (QED) is 0.321. The van der Waals surface area contributed by atoms with Crippen molar-refractivity contribution in [3.63, 3.8) is 0 Å². The molecule has 1 aliphatic carbocycles. The van der Waals surface area contributed by atoms with Gasteiger partial charge in [0.15, 0.2) is 5.78 Å². The van der Waals surface area contributed by atoms with Gasteiger partial charge in [-0.05, 0) is 57.7 Å². The van der Waals surface area contributed by atoms with E-state index in [-0.39, 0.29) is 31.0 Å². The summed E-state index contributed by atoms with van der Waals surface area (Å²) in [7, 11) is 1.28. The van der Waals surface area contributed by atoms with Crippen LogP contribution in [0.15, 0.2) is 46.8 Å². The summed E-state index contributed by atoms with van der Waals surface area (Å²) in [6.45, 7) is 10.2. The highest BCUT2D eigenvalue weighted by Crippen LogP contribution is 2.45. The minimum atomic E-state index is -0.930. The number of methoxy groups -OCH3 is 1. The molecule has 0 saturated heterocycles. The van der Waals surface area contributed by atoms with Crippen molar-refractivity contribution in [3.05, 3.63) is 52.4 Å². The lowest BCUT2D eigenvalue weighted by Gasteiger charge is -2.38. The maximum absolute atomic E-state index is 13.7. The van der Waals surface area contributed by atoms with Crippen molar-refractivity contribution in [2.75, 3.05) is 26.9 Å². The molecule has 1 aliphatic heterocycles. The van der Waals surface area contributed by atoms with Crippen LogP contribution in [0.3, 0.4) is 0 Å². The van der Waals surface area contributed by atoms with E-state index in [9.17, 15) is 14.4 Å². The van der Waals surface area contributed by atoms with E-state index in [0.29, 0.717) is 35.6 Å². The van der Waals surface area contributed by atoms with E-state index in [1.54, 1.807) is 6.92 Å². The number of nitrogens with one attached hydrogen (secondary N) is 1. The van der Waals surface area contributed by atoms with E-state index in [2.05, 4.69) is 5.32 Å². The number of ketones is 1. The van der Waals surface area contributed by atoms with Crippen molar-refractivity contribution in [2.24, 2.45) is 11.8 Å². The summed E-state index contributed by atoms with van der Waals surface area (Å²) in [5.74, 6) is -2.61. The Morgan fingerprint density at radius 1 is 1.14 bits per heavy atom. The number of carbonyl (C=O) groups excluding carboxylic acids is 3. The van der Waals surface area contributed by atoms with Crippen LogP contribution in [0.1, 0.15) is 52.5 Å². The zero-order valence-electron chi connectivity index (χ0n) is 21.3. The molecule has 3 atom stereocenters. The van der Waals surface area contributed by atoms with Gasteiger partial charge < -0.3 is 24.3 Å². The lowest BCUT2D eigenvalue weighted by atomic mass is 9.69. The number of ether oxygens (including phenoxy) is 4. The van der Waals surface area contributed by atoms with Crippen LogP contribution in [0, 0.1) is 11.8 Å². The summed E-state index contributed by atoms with van der Waals surface area (Å²) in [4.78, 5) is 39.5. The van der Waals surface area contributed by atoms with Gasteiger partial charge in [0.2, 0.25) is 0 Å². The first-order valence-electron chi connectivity index (χ1n) is 12.0. The molecule has 0 aromatic heterocycles. The van der Waals surface area contributed by atoms with Crippen molar-refractivity contribution < 1.29 is 33.3 Å². The first-order valence-corrected chi connectivity index (χ1v) is 12.0. The van der Waals surface area contributed by atoms with Gasteiger partial charge in [0.05, 0.1) is 32.0 Å². The van der Waals surface area contributed by atoms with E-state index in [4.69, 9.17) is 18.9 Å². The molecular formula is C27H35NO7. The molecule has 1 N–H and O–H groups in total. The van der Waals surface area contributed by atoms with Crippen molar-refractivity contribution in [1.29, 1.82) is 0 Å². The summed E-state index contributed by atoms with van der Waals surface area (Å²) in [6, 6.07) is 7.30. The molecule has 2 aliphatic rings. The normalized spacial score (nSPS) is 22.0. The molecule has 1 aromatic rings. The number of Topliss-reactive ketones (excluding diaryl/α,β-unsaturated/α-hetero) is 1. The van der Waals surface area contributed by atoms with Crippen molar-refractivity contribution in [2.45, 2.75) is 53.1 Å². The highest BCUT2D eigenvalue weighted by molar-refractivity contribution is 6.12. The monoisotopic (exact) mass is 485 g/mol. The first-order chi connectivity index (χ1) is 16.7. The van der Waals surface area contributed by atoms with Crippen LogP contribution in [0.2, 0.25) is 0 Å². The SMILES string of the molecule is CCOc1ccc([C@H]2C(C(=O)OCCOC(C)C)=C(C)NC3=C2C(=O)[C@H](C(=O)OC)[C@@H](C)C3)cc1. The largest absolute Gasteiger partial charge is 0.494 e. The standard InChI is InChI=1S/C27H35NO7/c1-7-33-19-10-8-18(9-11-19)23-22(27(31)35-13-12-34-15(2)3)17(5)28-20-14-16(4)21(26(30)32-6)25(29)24(20)23/h8-11,15-16,21,23,28H,7,12-14H2,1-6H3/t16-,21+,23-/m0/s1. The van der Waals surface area contributed by atoms with Gasteiger partial charge in [0.1, 0.15) is 18.3 Å². The summed E-state index contributed by atoms with van der Waals surface area (Å²) in [5, 5.41) is 3.26. The summed E-state index contributed by atoms with van der Waals surface area (Å²) in [6.07, 6.45) is 0.503. The average Bonchev–Trinajstić information content (AvgIpc) is 2.81. The second-order valence-electron chi connectivity index (χ2n) is 9.09. The van der Waals surface area contributed by atoms with Gasteiger partial charge in [-0.2, -0.15) is 0 Å². The fraction of sp³-hybridized carbons (Fsp3) is 0.519. The number of dihydropyridines is 1. The minimum Gasteiger partial charge on any atom is -0.494 e. The lowest BCUT2D eigenvalue weighted by Crippen LogP contribution is -2.43. The van der Waals surface area contributed by atoms with E-state index in [0.717, 1.165) is 11.3 Å². The first kappa shape index (κ1) is 26.5. The fourth-order valence-electron chi connectivity index (χ4n) is 4.70. The molecule has 0 bridgehead atoms. The second kappa shape index (κ2) is 11.5. The highest BCUT2D eigenvalue weighted by Gasteiger charge is 2.47. The Kier molecular flexibility index (Phi) is 8.72. The van der Waals surface area contributed by atoms with E-state index >= 15 is 0 Å². The van der Waals surface area contributed by atoms with Gasteiger partial charge in [0, 0.05) is 22.9 Å². The Labute approximate surface area is 206 Å². The highest BCUT2D eigenvalue weighted by atomic mass is 16.6. The molecule has 190 valence electrons. The number of esters is 2. The Morgan fingerprint density at radius 3 is 2.43 bits per heavy atom. The molecule has 0 saturated carbocycles. The topological polar surface area (TPSA) is 100 Å². The fourth-order valence-corrected chi connectivity index (χ4v) is 4.70. The van der Waals surface area contributed by atoms with Gasteiger partial charge in [0.25, 0.3) is 0 Å². The van der Waals surface area contributed by atoms with Crippen LogP contribution < -0.4 is 10.1 Å². The van der Waals surface area contributed by atoms with Gasteiger partial charge in [-0.3, -0.25) is 9.59 Å². The van der Waals surface area contributed by atoms with Crippen molar-refractivity contribution in [1.82, 2.24) is 5.32 Å². The Hall–Kier alpha value is -3.13. The third-order valence-electron chi connectivity index (χ3n) is 6.26. The predicted octanol–water partition coefficient (Wildman–Crippen LogP) is 3.67. The smallest absolute Gasteiger partial charge is 0.336 e. The summed E-state index contributed by atoms with van der Waals surface area (Å²) < 4.78 is 21.5. The zero-order chi connectivity index (χ0) is 25.7. The molecule has 8 heteroatoms. The van der Waals surface area contributed by atoms with Gasteiger partial charge in [-0.1, -0.05) is 19.1 Å².